The van der Waals surface area contributed by atoms with Crippen molar-refractivity contribution in [3.05, 3.63) is 53.6 Å². The third-order valence-corrected chi connectivity index (χ3v) is 5.65. The first-order valence-corrected chi connectivity index (χ1v) is 10.8. The molecule has 1 aliphatic heterocycles. The second-order valence-corrected chi connectivity index (χ2v) is 7.74. The minimum atomic E-state index is -4.48. The highest BCUT2D eigenvalue weighted by Gasteiger charge is 2.31. The average Bonchev–Trinajstić information content (AvgIpc) is 2.79. The predicted molar refractivity (Wildman–Crippen MR) is 122 cm³/mol. The van der Waals surface area contributed by atoms with Crippen molar-refractivity contribution in [3.8, 4) is 0 Å². The second-order valence-electron chi connectivity index (χ2n) is 7.74. The lowest BCUT2D eigenvalue weighted by atomic mass is 10.1. The first kappa shape index (κ1) is 24.2. The maximum atomic E-state index is 13.0. The highest BCUT2D eigenvalue weighted by Crippen LogP contribution is 2.31. The van der Waals surface area contributed by atoms with Gasteiger partial charge in [0.2, 0.25) is 0 Å². The molecule has 2 aromatic rings. The summed E-state index contributed by atoms with van der Waals surface area (Å²) in [6.45, 7) is 6.63. The van der Waals surface area contributed by atoms with Gasteiger partial charge in [-0.15, -0.1) is 0 Å². The molecule has 1 saturated heterocycles. The zero-order valence-corrected chi connectivity index (χ0v) is 18.7. The Bertz CT molecular complexity index is 1000. The van der Waals surface area contributed by atoms with Crippen molar-refractivity contribution < 1.29 is 22.8 Å². The Morgan fingerprint density at radius 1 is 1.03 bits per heavy atom. The molecule has 0 saturated carbocycles. The lowest BCUT2D eigenvalue weighted by Gasteiger charge is -2.37. The van der Waals surface area contributed by atoms with Crippen molar-refractivity contribution in [2.75, 3.05) is 55.2 Å². The van der Waals surface area contributed by atoms with E-state index in [0.717, 1.165) is 17.8 Å². The molecular formula is C23H28F3N5O2. The number of nitrogens with two attached hydrogens (primary N) is 1. The number of anilines is 3. The van der Waals surface area contributed by atoms with Crippen LogP contribution >= 0.6 is 0 Å². The van der Waals surface area contributed by atoms with E-state index < -0.39 is 17.8 Å². The lowest BCUT2D eigenvalue weighted by molar-refractivity contribution is -0.137. The predicted octanol–water partition coefficient (Wildman–Crippen LogP) is 4.12. The molecule has 0 aliphatic carbocycles. The molecule has 10 heteroatoms. The smallest absolute Gasteiger partial charge is 0.399 e. The van der Waals surface area contributed by atoms with E-state index in [4.69, 9.17) is 5.73 Å². The van der Waals surface area contributed by atoms with Crippen molar-refractivity contribution in [2.45, 2.75) is 20.0 Å². The van der Waals surface area contributed by atoms with Gasteiger partial charge in [-0.05, 0) is 50.2 Å². The molecule has 3 rings (SSSR count). The molecule has 1 heterocycles. The minimum absolute atomic E-state index is 0.0860. The number of nitrogens with zero attached hydrogens (tertiary/aromatic N) is 3. The zero-order valence-electron chi connectivity index (χ0n) is 18.7. The first-order chi connectivity index (χ1) is 15.6. The van der Waals surface area contributed by atoms with Crippen LogP contribution in [0, 0.1) is 0 Å². The van der Waals surface area contributed by atoms with E-state index in [1.54, 1.807) is 21.9 Å². The molecule has 1 fully saturated rings. The van der Waals surface area contributed by atoms with Crippen LogP contribution < -0.4 is 16.0 Å². The Morgan fingerprint density at radius 2 is 1.70 bits per heavy atom. The molecule has 2 aromatic carbocycles. The van der Waals surface area contributed by atoms with Crippen LogP contribution in [-0.4, -0.2) is 61.0 Å². The van der Waals surface area contributed by atoms with Crippen LogP contribution in [0.1, 0.15) is 29.8 Å². The quantitative estimate of drug-likeness (QED) is 0.654. The molecule has 0 aromatic heterocycles. The van der Waals surface area contributed by atoms with Crippen LogP contribution in [0.25, 0.3) is 0 Å². The van der Waals surface area contributed by atoms with E-state index in [-0.39, 0.29) is 11.6 Å². The van der Waals surface area contributed by atoms with Gasteiger partial charge in [0.1, 0.15) is 0 Å². The van der Waals surface area contributed by atoms with Crippen molar-refractivity contribution in [3.63, 3.8) is 0 Å². The van der Waals surface area contributed by atoms with Crippen LogP contribution in [0.15, 0.2) is 42.5 Å². The summed E-state index contributed by atoms with van der Waals surface area (Å²) < 4.78 is 38.7. The molecule has 0 bridgehead atoms. The summed E-state index contributed by atoms with van der Waals surface area (Å²) in [4.78, 5) is 30.9. The van der Waals surface area contributed by atoms with Gasteiger partial charge in [-0.2, -0.15) is 13.2 Å². The highest BCUT2D eigenvalue weighted by atomic mass is 19.4. The number of rotatable bonds is 5. The summed E-state index contributed by atoms with van der Waals surface area (Å²) in [7, 11) is 0. The standard InChI is InChI=1S/C23H28F3N5O2/c1-3-29(4-2)21(32)19-15-17(27)8-9-20(19)30-10-12-31(13-11-30)22(33)28-18-7-5-6-16(14-18)23(24,25)26/h5-9,14-15H,3-4,10-13,27H2,1-2H3,(H,28,33). The molecule has 3 amide bonds. The molecular weight excluding hydrogens is 435 g/mol. The fraction of sp³-hybridized carbons (Fsp3) is 0.391. The van der Waals surface area contributed by atoms with Gasteiger partial charge in [-0.25, -0.2) is 4.79 Å². The average molecular weight is 464 g/mol. The van der Waals surface area contributed by atoms with Gasteiger partial charge in [0, 0.05) is 56.3 Å². The number of alkyl halides is 3. The van der Waals surface area contributed by atoms with Crippen molar-refractivity contribution in [2.24, 2.45) is 0 Å². The fourth-order valence-electron chi connectivity index (χ4n) is 3.81. The van der Waals surface area contributed by atoms with E-state index >= 15 is 0 Å². The molecule has 1 aliphatic rings. The number of carbonyl (C=O) groups excluding carboxylic acids is 2. The summed E-state index contributed by atoms with van der Waals surface area (Å²) in [5, 5.41) is 2.54. The van der Waals surface area contributed by atoms with Gasteiger partial charge in [-0.3, -0.25) is 4.79 Å². The van der Waals surface area contributed by atoms with Crippen molar-refractivity contribution >= 4 is 29.0 Å². The molecule has 0 radical (unpaired) electrons. The largest absolute Gasteiger partial charge is 0.416 e. The third-order valence-electron chi connectivity index (χ3n) is 5.65. The van der Waals surface area contributed by atoms with Gasteiger partial charge in [0.15, 0.2) is 0 Å². The number of carbonyl (C=O) groups is 2. The van der Waals surface area contributed by atoms with Crippen LogP contribution in [0.4, 0.5) is 35.0 Å². The Morgan fingerprint density at radius 3 is 2.30 bits per heavy atom. The number of nitrogen functional groups attached to an aromatic ring is 1. The molecule has 0 atom stereocenters. The topological polar surface area (TPSA) is 81.9 Å². The molecule has 0 unspecified atom stereocenters. The zero-order chi connectivity index (χ0) is 24.2. The Balaban J connectivity index is 1.68. The molecule has 178 valence electrons. The summed E-state index contributed by atoms with van der Waals surface area (Å²) in [6, 6.07) is 9.29. The lowest BCUT2D eigenvalue weighted by Crippen LogP contribution is -2.50. The van der Waals surface area contributed by atoms with Crippen LogP contribution in [-0.2, 0) is 6.18 Å². The Kier molecular flexibility index (Phi) is 7.35. The van der Waals surface area contributed by atoms with E-state index in [1.165, 1.54) is 12.1 Å². The van der Waals surface area contributed by atoms with Gasteiger partial charge in [0.05, 0.1) is 11.1 Å². The molecule has 3 N–H and O–H groups in total. The van der Waals surface area contributed by atoms with E-state index in [2.05, 4.69) is 5.32 Å². The number of hydrogen-bond donors (Lipinski definition) is 2. The Hall–Kier alpha value is -3.43. The van der Waals surface area contributed by atoms with E-state index in [1.807, 2.05) is 24.8 Å². The van der Waals surface area contributed by atoms with Crippen LogP contribution in [0.2, 0.25) is 0 Å². The number of nitrogens with one attached hydrogen (secondary N) is 1. The number of hydrogen-bond acceptors (Lipinski definition) is 4. The summed E-state index contributed by atoms with van der Waals surface area (Å²) in [5.41, 5.74) is 6.95. The number of piperazine rings is 1. The number of halogens is 3. The number of benzene rings is 2. The van der Waals surface area contributed by atoms with Crippen molar-refractivity contribution in [1.29, 1.82) is 0 Å². The van der Waals surface area contributed by atoms with Crippen molar-refractivity contribution in [1.82, 2.24) is 9.80 Å². The van der Waals surface area contributed by atoms with Gasteiger partial charge in [-0.1, -0.05) is 6.07 Å². The molecule has 7 nitrogen and oxygen atoms in total. The number of amides is 3. The number of urea groups is 1. The normalized spacial score (nSPS) is 14.2. The van der Waals surface area contributed by atoms with Crippen LogP contribution in [0.5, 0.6) is 0 Å². The van der Waals surface area contributed by atoms with E-state index in [9.17, 15) is 22.8 Å². The van der Waals surface area contributed by atoms with Gasteiger partial charge in [0.25, 0.3) is 5.91 Å². The summed E-state index contributed by atoms with van der Waals surface area (Å²) >= 11 is 0. The van der Waals surface area contributed by atoms with E-state index in [0.29, 0.717) is 50.5 Å². The summed E-state index contributed by atoms with van der Waals surface area (Å²) in [5.74, 6) is -0.105. The maximum absolute atomic E-state index is 13.0. The van der Waals surface area contributed by atoms with Crippen LogP contribution in [0.3, 0.4) is 0 Å². The van der Waals surface area contributed by atoms with Gasteiger partial charge >= 0.3 is 12.2 Å². The SMILES string of the molecule is CCN(CC)C(=O)c1cc(N)ccc1N1CCN(C(=O)Nc2cccc(C(F)(F)F)c2)CC1. The van der Waals surface area contributed by atoms with Gasteiger partial charge < -0.3 is 25.8 Å². The monoisotopic (exact) mass is 463 g/mol. The fourth-order valence-corrected chi connectivity index (χ4v) is 3.81. The Labute approximate surface area is 190 Å². The maximum Gasteiger partial charge on any atom is 0.416 e. The third kappa shape index (κ3) is 5.68. The molecule has 33 heavy (non-hydrogen) atoms. The first-order valence-electron chi connectivity index (χ1n) is 10.8. The highest BCUT2D eigenvalue weighted by molar-refractivity contribution is 6.01. The summed E-state index contributed by atoms with van der Waals surface area (Å²) in [6.07, 6.45) is -4.48. The molecule has 0 spiro atoms. The second kappa shape index (κ2) is 10.0. The minimum Gasteiger partial charge on any atom is -0.399 e.